The minimum atomic E-state index is 0.490. The maximum absolute atomic E-state index is 4.37. The largest absolute Gasteiger partial charge is 0.264 e. The first kappa shape index (κ1) is 11.2. The monoisotopic (exact) mass is 272 g/mol. The molecule has 3 heterocycles. The number of aromatic nitrogens is 3. The molecule has 6 heteroatoms. The maximum atomic E-state index is 4.37. The standard InChI is InChI=1S/C12H8N4S2/c1-3-9(8-13-4-1)10-7-11(18-17-10)16-12-14-5-2-6-15-12/h1-8H. The fourth-order valence-corrected chi connectivity index (χ4v) is 3.51. The molecule has 3 aromatic rings. The molecule has 0 saturated heterocycles. The van der Waals surface area contributed by atoms with Crippen molar-refractivity contribution in [1.82, 2.24) is 15.0 Å². The van der Waals surface area contributed by atoms with Gasteiger partial charge in [-0.2, -0.15) is 4.99 Å². The van der Waals surface area contributed by atoms with Crippen LogP contribution < -0.4 is 4.67 Å². The fraction of sp³-hybridized carbons (Fsp3) is 0. The Bertz CT molecular complexity index is 689. The van der Waals surface area contributed by atoms with Crippen LogP contribution in [0.25, 0.3) is 10.4 Å². The van der Waals surface area contributed by atoms with Gasteiger partial charge in [0.2, 0.25) is 0 Å². The van der Waals surface area contributed by atoms with Crippen LogP contribution in [0.2, 0.25) is 0 Å². The van der Waals surface area contributed by atoms with Crippen LogP contribution in [-0.2, 0) is 0 Å². The molecule has 4 nitrogen and oxygen atoms in total. The van der Waals surface area contributed by atoms with Gasteiger partial charge in [-0.3, -0.25) is 4.98 Å². The van der Waals surface area contributed by atoms with E-state index in [0.717, 1.165) is 15.1 Å². The topological polar surface area (TPSA) is 51.0 Å². The first-order valence-electron chi connectivity index (χ1n) is 5.24. The third kappa shape index (κ3) is 2.49. The van der Waals surface area contributed by atoms with E-state index in [0.29, 0.717) is 5.95 Å². The van der Waals surface area contributed by atoms with E-state index in [-0.39, 0.29) is 0 Å². The SMILES string of the molecule is c1cnc(N=c2cc(-c3cccnc3)ss2)nc1. The summed E-state index contributed by atoms with van der Waals surface area (Å²) in [5.74, 6) is 0.490. The molecule has 0 fully saturated rings. The van der Waals surface area contributed by atoms with E-state index < -0.39 is 0 Å². The van der Waals surface area contributed by atoms with Crippen LogP contribution >= 0.6 is 20.7 Å². The third-order valence-electron chi connectivity index (χ3n) is 2.18. The van der Waals surface area contributed by atoms with Gasteiger partial charge in [0, 0.05) is 35.2 Å². The highest BCUT2D eigenvalue weighted by molar-refractivity contribution is 7.69. The van der Waals surface area contributed by atoms with Gasteiger partial charge in [0.05, 0.1) is 0 Å². The van der Waals surface area contributed by atoms with E-state index in [4.69, 9.17) is 0 Å². The van der Waals surface area contributed by atoms with Gasteiger partial charge < -0.3 is 0 Å². The van der Waals surface area contributed by atoms with Gasteiger partial charge in [0.25, 0.3) is 5.95 Å². The molecular weight excluding hydrogens is 264 g/mol. The summed E-state index contributed by atoms with van der Waals surface area (Å²) in [6, 6.07) is 7.77. The van der Waals surface area contributed by atoms with E-state index in [1.807, 2.05) is 24.4 Å². The van der Waals surface area contributed by atoms with Crippen LogP contribution in [0.3, 0.4) is 0 Å². The summed E-state index contributed by atoms with van der Waals surface area (Å²) in [7, 11) is 3.28. The quantitative estimate of drug-likeness (QED) is 0.674. The minimum Gasteiger partial charge on any atom is -0.264 e. The van der Waals surface area contributed by atoms with Gasteiger partial charge >= 0.3 is 0 Å². The molecule has 0 amide bonds. The normalized spacial score (nSPS) is 11.7. The van der Waals surface area contributed by atoms with Gasteiger partial charge in [-0.15, -0.1) is 0 Å². The van der Waals surface area contributed by atoms with E-state index in [2.05, 4.69) is 19.9 Å². The number of hydrogen-bond acceptors (Lipinski definition) is 6. The molecule has 88 valence electrons. The van der Waals surface area contributed by atoms with Gasteiger partial charge in [-0.25, -0.2) is 9.97 Å². The molecule has 3 aromatic heterocycles. The molecular formula is C12H8N4S2. The van der Waals surface area contributed by atoms with Crippen molar-refractivity contribution in [2.75, 3.05) is 0 Å². The fourth-order valence-electron chi connectivity index (χ4n) is 1.39. The highest BCUT2D eigenvalue weighted by atomic mass is 32.9. The molecule has 0 N–H and O–H groups in total. The second-order valence-corrected chi connectivity index (χ2v) is 5.61. The Morgan fingerprint density at radius 2 is 1.89 bits per heavy atom. The van der Waals surface area contributed by atoms with Gasteiger partial charge in [0.15, 0.2) is 0 Å². The first-order chi connectivity index (χ1) is 8.92. The lowest BCUT2D eigenvalue weighted by atomic mass is 10.2. The summed E-state index contributed by atoms with van der Waals surface area (Å²) in [5, 5.41) is 0. The van der Waals surface area contributed by atoms with Crippen LogP contribution in [0.1, 0.15) is 0 Å². The molecule has 0 radical (unpaired) electrons. The molecule has 0 spiro atoms. The van der Waals surface area contributed by atoms with Crippen LogP contribution in [0.15, 0.2) is 54.0 Å². The van der Waals surface area contributed by atoms with Gasteiger partial charge in [-0.1, -0.05) is 26.7 Å². The van der Waals surface area contributed by atoms with E-state index >= 15 is 0 Å². The van der Waals surface area contributed by atoms with Crippen molar-refractivity contribution in [1.29, 1.82) is 0 Å². The van der Waals surface area contributed by atoms with Crippen molar-refractivity contribution in [3.63, 3.8) is 0 Å². The average molecular weight is 272 g/mol. The van der Waals surface area contributed by atoms with Crippen molar-refractivity contribution in [3.8, 4) is 10.4 Å². The average Bonchev–Trinajstić information content (AvgIpc) is 2.89. The lowest BCUT2D eigenvalue weighted by Crippen LogP contribution is -1.91. The molecule has 3 rings (SSSR count). The van der Waals surface area contributed by atoms with Crippen LogP contribution in [0.4, 0.5) is 5.95 Å². The van der Waals surface area contributed by atoms with E-state index in [1.165, 1.54) is 0 Å². The van der Waals surface area contributed by atoms with E-state index in [1.54, 1.807) is 45.3 Å². The van der Waals surface area contributed by atoms with Crippen LogP contribution in [0.5, 0.6) is 0 Å². The minimum absolute atomic E-state index is 0.490. The summed E-state index contributed by atoms with van der Waals surface area (Å²) in [6.45, 7) is 0. The molecule has 18 heavy (non-hydrogen) atoms. The van der Waals surface area contributed by atoms with Crippen molar-refractivity contribution < 1.29 is 0 Å². The summed E-state index contributed by atoms with van der Waals surface area (Å²) in [6.07, 6.45) is 6.99. The zero-order valence-corrected chi connectivity index (χ0v) is 10.9. The lowest BCUT2D eigenvalue weighted by molar-refractivity contribution is 1.11. The summed E-state index contributed by atoms with van der Waals surface area (Å²) < 4.78 is 0.907. The second kappa shape index (κ2) is 5.16. The Balaban J connectivity index is 1.98. The molecule has 0 aliphatic rings. The first-order valence-corrected chi connectivity index (χ1v) is 7.39. The number of nitrogens with zero attached hydrogens (tertiary/aromatic N) is 4. The smallest absolute Gasteiger partial charge is 0.250 e. The summed E-state index contributed by atoms with van der Waals surface area (Å²) in [4.78, 5) is 17.8. The van der Waals surface area contributed by atoms with E-state index in [9.17, 15) is 0 Å². The van der Waals surface area contributed by atoms with Crippen molar-refractivity contribution >= 4 is 26.6 Å². The zero-order chi connectivity index (χ0) is 12.2. The molecule has 0 aliphatic heterocycles. The number of hydrogen-bond donors (Lipinski definition) is 0. The Morgan fingerprint density at radius 1 is 1.00 bits per heavy atom. The van der Waals surface area contributed by atoms with Crippen molar-refractivity contribution in [2.24, 2.45) is 4.99 Å². The molecule has 0 aromatic carbocycles. The zero-order valence-electron chi connectivity index (χ0n) is 9.22. The Labute approximate surface area is 111 Å². The second-order valence-electron chi connectivity index (χ2n) is 3.42. The van der Waals surface area contributed by atoms with Crippen molar-refractivity contribution in [2.45, 2.75) is 0 Å². The highest BCUT2D eigenvalue weighted by Gasteiger charge is 2.00. The highest BCUT2D eigenvalue weighted by Crippen LogP contribution is 2.24. The van der Waals surface area contributed by atoms with Gasteiger partial charge in [0.1, 0.15) is 4.67 Å². The molecule has 0 atom stereocenters. The number of rotatable bonds is 2. The van der Waals surface area contributed by atoms with Crippen LogP contribution in [0, 0.1) is 0 Å². The molecule has 0 unspecified atom stereocenters. The number of pyridine rings is 1. The lowest BCUT2D eigenvalue weighted by Gasteiger charge is -1.91. The summed E-state index contributed by atoms with van der Waals surface area (Å²) in [5.41, 5.74) is 1.11. The Kier molecular flexibility index (Phi) is 3.20. The Hall–Kier alpha value is -1.92. The third-order valence-corrected chi connectivity index (χ3v) is 4.48. The van der Waals surface area contributed by atoms with Gasteiger partial charge in [-0.05, 0) is 18.2 Å². The van der Waals surface area contributed by atoms with Crippen LogP contribution in [-0.4, -0.2) is 15.0 Å². The predicted molar refractivity (Wildman–Crippen MR) is 72.7 cm³/mol. The summed E-state index contributed by atoms with van der Waals surface area (Å²) >= 11 is 0. The molecule has 0 saturated carbocycles. The Morgan fingerprint density at radius 3 is 2.67 bits per heavy atom. The van der Waals surface area contributed by atoms with Crippen molar-refractivity contribution in [3.05, 3.63) is 53.7 Å². The molecule has 0 bridgehead atoms. The maximum Gasteiger partial charge on any atom is 0.250 e. The predicted octanol–water partition coefficient (Wildman–Crippen LogP) is 2.89. The molecule has 0 aliphatic carbocycles.